The van der Waals surface area contributed by atoms with Gasteiger partial charge in [-0.25, -0.2) is 4.79 Å². The van der Waals surface area contributed by atoms with E-state index in [2.05, 4.69) is 6.58 Å². The first kappa shape index (κ1) is 16.0. The van der Waals surface area contributed by atoms with E-state index in [0.717, 1.165) is 16.7 Å². The third-order valence-electron chi connectivity index (χ3n) is 3.47. The van der Waals surface area contributed by atoms with Crippen LogP contribution in [0, 0.1) is 0 Å². The largest absolute Gasteiger partial charge is 0.368 e. The van der Waals surface area contributed by atoms with Gasteiger partial charge in [0.15, 0.2) is 0 Å². The molecule has 0 bridgehead atoms. The predicted molar refractivity (Wildman–Crippen MR) is 86.9 cm³/mol. The van der Waals surface area contributed by atoms with Gasteiger partial charge in [0.25, 0.3) is 0 Å². The van der Waals surface area contributed by atoms with Crippen LogP contribution in [0.3, 0.4) is 0 Å². The molecule has 1 atom stereocenters. The minimum absolute atomic E-state index is 0.370. The monoisotopic (exact) mass is 296 g/mol. The number of benzene rings is 2. The van der Waals surface area contributed by atoms with Crippen LogP contribution in [-0.4, -0.2) is 5.97 Å². The summed E-state index contributed by atoms with van der Waals surface area (Å²) in [5.41, 5.74) is 3.51. The minimum Gasteiger partial charge on any atom is -0.293 e. The average molecular weight is 296 g/mol. The van der Waals surface area contributed by atoms with E-state index >= 15 is 0 Å². The summed E-state index contributed by atoms with van der Waals surface area (Å²) in [6.45, 7) is 7.33. The van der Waals surface area contributed by atoms with Gasteiger partial charge in [-0.15, -0.1) is 0 Å². The first-order valence-corrected chi connectivity index (χ1v) is 7.33. The van der Waals surface area contributed by atoms with Crippen molar-refractivity contribution in [2.75, 3.05) is 0 Å². The smallest absolute Gasteiger partial charge is 0.293 e. The Morgan fingerprint density at radius 1 is 1.09 bits per heavy atom. The fourth-order valence-electron chi connectivity index (χ4n) is 2.10. The molecule has 3 heteroatoms. The maximum atomic E-state index is 11.6. The van der Waals surface area contributed by atoms with E-state index in [1.807, 2.05) is 68.4 Å². The van der Waals surface area contributed by atoms with Gasteiger partial charge < -0.3 is 0 Å². The third kappa shape index (κ3) is 3.83. The summed E-state index contributed by atoms with van der Waals surface area (Å²) in [5.74, 6) is -0.522. The van der Waals surface area contributed by atoms with Crippen molar-refractivity contribution in [2.24, 2.45) is 0 Å². The second-order valence-electron chi connectivity index (χ2n) is 5.02. The van der Waals surface area contributed by atoms with Gasteiger partial charge in [-0.1, -0.05) is 68.1 Å². The highest BCUT2D eigenvalue weighted by atomic mass is 17.2. The topological polar surface area (TPSA) is 35.5 Å². The molecule has 0 radical (unpaired) electrons. The lowest BCUT2D eigenvalue weighted by Crippen LogP contribution is -2.10. The number of carbonyl (C=O) groups is 1. The molecule has 0 heterocycles. The van der Waals surface area contributed by atoms with Crippen molar-refractivity contribution < 1.29 is 14.6 Å². The van der Waals surface area contributed by atoms with Crippen molar-refractivity contribution in [3.05, 3.63) is 72.3 Å². The zero-order valence-electron chi connectivity index (χ0n) is 12.9. The molecule has 0 aliphatic carbocycles. The molecule has 2 aromatic carbocycles. The molecular formula is C19H20O3. The Kier molecular flexibility index (Phi) is 5.50. The molecule has 2 rings (SSSR count). The van der Waals surface area contributed by atoms with Crippen LogP contribution in [0.2, 0.25) is 0 Å². The summed E-state index contributed by atoms with van der Waals surface area (Å²) < 4.78 is 0. The van der Waals surface area contributed by atoms with Crippen LogP contribution in [0.5, 0.6) is 0 Å². The lowest BCUT2D eigenvalue weighted by molar-refractivity contribution is -0.293. The van der Waals surface area contributed by atoms with Crippen LogP contribution >= 0.6 is 0 Å². The van der Waals surface area contributed by atoms with Crippen molar-refractivity contribution >= 4 is 5.97 Å². The fraction of sp³-hybridized carbons (Fsp3) is 0.211. The van der Waals surface area contributed by atoms with Gasteiger partial charge >= 0.3 is 5.97 Å². The van der Waals surface area contributed by atoms with Gasteiger partial charge in [-0.3, -0.25) is 4.89 Å². The van der Waals surface area contributed by atoms with Crippen LogP contribution in [0.1, 0.15) is 31.9 Å². The highest BCUT2D eigenvalue weighted by Crippen LogP contribution is 2.30. The first-order valence-electron chi connectivity index (χ1n) is 7.33. The zero-order chi connectivity index (χ0) is 15.9. The van der Waals surface area contributed by atoms with Crippen molar-refractivity contribution in [1.82, 2.24) is 0 Å². The van der Waals surface area contributed by atoms with Crippen molar-refractivity contribution in [2.45, 2.75) is 26.4 Å². The molecule has 0 fully saturated rings. The molecule has 114 valence electrons. The molecular weight excluding hydrogens is 276 g/mol. The van der Waals surface area contributed by atoms with E-state index < -0.39 is 5.97 Å². The normalized spacial score (nSPS) is 11.7. The van der Waals surface area contributed by atoms with E-state index in [0.29, 0.717) is 12.0 Å². The SMILES string of the molecule is C=C(CC)C(=O)OOC(C)c1ccccc1-c1ccccc1. The first-order chi connectivity index (χ1) is 10.6. The highest BCUT2D eigenvalue weighted by Gasteiger charge is 2.16. The van der Waals surface area contributed by atoms with E-state index in [4.69, 9.17) is 9.78 Å². The van der Waals surface area contributed by atoms with Gasteiger partial charge in [0, 0.05) is 5.57 Å². The van der Waals surface area contributed by atoms with Gasteiger partial charge in [0.2, 0.25) is 0 Å². The Labute approximate surface area is 131 Å². The zero-order valence-corrected chi connectivity index (χ0v) is 12.9. The molecule has 1 unspecified atom stereocenters. The summed E-state index contributed by atoms with van der Waals surface area (Å²) in [5, 5.41) is 0. The highest BCUT2D eigenvalue weighted by molar-refractivity contribution is 5.87. The molecule has 3 nitrogen and oxygen atoms in total. The standard InChI is InChI=1S/C19H20O3/c1-4-14(2)19(20)22-21-15(3)17-12-8-9-13-18(17)16-10-6-5-7-11-16/h5-13,15H,2,4H2,1,3H3. The van der Waals surface area contributed by atoms with Crippen LogP contribution in [0.4, 0.5) is 0 Å². The molecule has 0 aliphatic rings. The Bertz CT molecular complexity index is 647. The molecule has 0 saturated carbocycles. The molecule has 0 spiro atoms. The second kappa shape index (κ2) is 7.57. The molecule has 0 saturated heterocycles. The minimum atomic E-state index is -0.522. The lowest BCUT2D eigenvalue weighted by Gasteiger charge is -2.16. The molecule has 0 N–H and O–H groups in total. The van der Waals surface area contributed by atoms with Gasteiger partial charge in [-0.2, -0.15) is 4.89 Å². The van der Waals surface area contributed by atoms with E-state index in [-0.39, 0.29) is 6.10 Å². The second-order valence-corrected chi connectivity index (χ2v) is 5.02. The fourth-order valence-corrected chi connectivity index (χ4v) is 2.10. The quantitative estimate of drug-likeness (QED) is 0.434. The summed E-state index contributed by atoms with van der Waals surface area (Å²) in [6, 6.07) is 17.9. The summed E-state index contributed by atoms with van der Waals surface area (Å²) in [6.07, 6.45) is 0.169. The molecule has 0 amide bonds. The average Bonchev–Trinajstić information content (AvgIpc) is 2.59. The van der Waals surface area contributed by atoms with Crippen molar-refractivity contribution in [3.8, 4) is 11.1 Å². The predicted octanol–water partition coefficient (Wildman–Crippen LogP) is 4.86. The molecule has 0 aromatic heterocycles. The molecule has 2 aromatic rings. The van der Waals surface area contributed by atoms with Crippen LogP contribution in [0.15, 0.2) is 66.7 Å². The van der Waals surface area contributed by atoms with E-state index in [9.17, 15) is 4.79 Å². The number of carbonyl (C=O) groups excluding carboxylic acids is 1. The maximum Gasteiger partial charge on any atom is 0.368 e. The number of hydrogen-bond donors (Lipinski definition) is 0. The number of rotatable bonds is 6. The van der Waals surface area contributed by atoms with Gasteiger partial charge in [0.05, 0.1) is 0 Å². The molecule has 22 heavy (non-hydrogen) atoms. The molecule has 0 aliphatic heterocycles. The van der Waals surface area contributed by atoms with Crippen LogP contribution < -0.4 is 0 Å². The summed E-state index contributed by atoms with van der Waals surface area (Å²) in [7, 11) is 0. The van der Waals surface area contributed by atoms with E-state index in [1.54, 1.807) is 0 Å². The van der Waals surface area contributed by atoms with Crippen LogP contribution in [0.25, 0.3) is 11.1 Å². The lowest BCUT2D eigenvalue weighted by atomic mass is 9.97. The summed E-state index contributed by atoms with van der Waals surface area (Å²) >= 11 is 0. The van der Waals surface area contributed by atoms with Crippen molar-refractivity contribution in [1.29, 1.82) is 0 Å². The Balaban J connectivity index is 2.15. The van der Waals surface area contributed by atoms with E-state index in [1.165, 1.54) is 0 Å². The third-order valence-corrected chi connectivity index (χ3v) is 3.47. The summed E-state index contributed by atoms with van der Waals surface area (Å²) in [4.78, 5) is 21.7. The number of hydrogen-bond acceptors (Lipinski definition) is 3. The Morgan fingerprint density at radius 3 is 2.41 bits per heavy atom. The van der Waals surface area contributed by atoms with Crippen molar-refractivity contribution in [3.63, 3.8) is 0 Å². The van der Waals surface area contributed by atoms with Crippen LogP contribution in [-0.2, 0) is 14.6 Å². The Morgan fingerprint density at radius 2 is 1.73 bits per heavy atom. The maximum absolute atomic E-state index is 11.6. The van der Waals surface area contributed by atoms with Gasteiger partial charge in [0.1, 0.15) is 6.10 Å². The Hall–Kier alpha value is -2.39. The van der Waals surface area contributed by atoms with Gasteiger partial charge in [-0.05, 0) is 30.0 Å².